The zero-order valence-electron chi connectivity index (χ0n) is 28.1. The van der Waals surface area contributed by atoms with E-state index in [9.17, 15) is 0 Å². The summed E-state index contributed by atoms with van der Waals surface area (Å²) in [4.78, 5) is 10.4. The summed E-state index contributed by atoms with van der Waals surface area (Å²) in [7, 11) is 0. The van der Waals surface area contributed by atoms with Crippen molar-refractivity contribution >= 4 is 116 Å². The Morgan fingerprint density at radius 1 is 0.615 bits per heavy atom. The van der Waals surface area contributed by atoms with Crippen LogP contribution in [0.2, 0.25) is 5.15 Å². The van der Waals surface area contributed by atoms with Crippen molar-refractivity contribution in [3.63, 3.8) is 0 Å². The van der Waals surface area contributed by atoms with Gasteiger partial charge in [0.05, 0.1) is 22.1 Å². The number of furan rings is 1. The first-order valence-corrected chi connectivity index (χ1v) is 17.8. The minimum absolute atomic E-state index is 0.323. The van der Waals surface area contributed by atoms with Crippen LogP contribution in [0.1, 0.15) is 11.1 Å². The van der Waals surface area contributed by atoms with Gasteiger partial charge in [0, 0.05) is 26.9 Å². The van der Waals surface area contributed by atoms with Gasteiger partial charge in [0.25, 0.3) is 0 Å². The molecule has 0 bridgehead atoms. The molecule has 0 amide bonds. The number of fused-ring (bicyclic) bond motifs is 16. The van der Waals surface area contributed by atoms with Crippen molar-refractivity contribution in [2.24, 2.45) is 0 Å². The number of benzene rings is 8. The molecule has 0 radical (unpaired) electrons. The van der Waals surface area contributed by atoms with Crippen LogP contribution >= 0.6 is 11.6 Å². The van der Waals surface area contributed by atoms with Crippen LogP contribution in [0.15, 0.2) is 144 Å². The number of rotatable bonds is 3. The first kappa shape index (κ1) is 29.3. The molecule has 3 heterocycles. The number of allylic oxidation sites excluding steroid dienone is 2. The highest BCUT2D eigenvalue weighted by Crippen LogP contribution is 2.47. The third kappa shape index (κ3) is 3.87. The number of para-hydroxylation sites is 1. The van der Waals surface area contributed by atoms with Gasteiger partial charge in [-0.3, -0.25) is 4.57 Å². The van der Waals surface area contributed by atoms with Gasteiger partial charge in [-0.05, 0) is 80.0 Å². The van der Waals surface area contributed by atoms with Crippen LogP contribution in [0.3, 0.4) is 0 Å². The second-order valence-corrected chi connectivity index (χ2v) is 13.9. The molecule has 11 aromatic rings. The van der Waals surface area contributed by atoms with E-state index < -0.39 is 0 Å². The summed E-state index contributed by atoms with van der Waals surface area (Å²) >= 11 is 7.26. The molecule has 11 rings (SSSR count). The van der Waals surface area contributed by atoms with E-state index in [0.29, 0.717) is 11.0 Å². The number of hydrogen-bond acceptors (Lipinski definition) is 3. The van der Waals surface area contributed by atoms with Gasteiger partial charge in [0.15, 0.2) is 16.6 Å². The van der Waals surface area contributed by atoms with Crippen LogP contribution in [0.25, 0.3) is 110 Å². The van der Waals surface area contributed by atoms with Crippen molar-refractivity contribution < 1.29 is 4.42 Å². The summed E-state index contributed by atoms with van der Waals surface area (Å²) in [5.74, 6) is 0.562. The van der Waals surface area contributed by atoms with Gasteiger partial charge in [0.2, 0.25) is 0 Å². The van der Waals surface area contributed by atoms with Crippen LogP contribution < -0.4 is 0 Å². The van der Waals surface area contributed by atoms with Gasteiger partial charge in [-0.2, -0.15) is 0 Å². The molecule has 0 aliphatic rings. The molecule has 8 aromatic carbocycles. The molecule has 0 N–H and O–H groups in total. The fraction of sp³-hybridized carbons (Fsp3) is 0.0213. The van der Waals surface area contributed by atoms with E-state index in [0.717, 1.165) is 92.5 Å². The third-order valence-corrected chi connectivity index (χ3v) is 11.1. The molecule has 0 fully saturated rings. The van der Waals surface area contributed by atoms with Gasteiger partial charge in [-0.1, -0.05) is 133 Å². The molecule has 0 spiro atoms. The standard InChI is InChI=1S/C47H28ClN3O/c1-3-4-14-28-26(2)36-24-39-38(25-37(36)31-17-8-7-16-30(28)31)49-46(48)47(50-39)51-40-21-12-11-20-34(40)41-32-18-9-10-19-33(32)42-35-23-22-27-13-5-6-15-29(27)44(35)52-45(42)43(41)51/h3-25H,1H2,2H3/b14-4-. The molecule has 244 valence electrons. The topological polar surface area (TPSA) is 43.9 Å². The highest BCUT2D eigenvalue weighted by Gasteiger charge is 2.25. The molecular formula is C47H28ClN3O. The highest BCUT2D eigenvalue weighted by atomic mass is 35.5. The van der Waals surface area contributed by atoms with Gasteiger partial charge in [-0.25, -0.2) is 9.97 Å². The van der Waals surface area contributed by atoms with Crippen molar-refractivity contribution in [2.75, 3.05) is 0 Å². The first-order chi connectivity index (χ1) is 25.6. The lowest BCUT2D eigenvalue weighted by Crippen LogP contribution is -2.02. The SMILES string of the molecule is C=C/C=C\c1c(C)c2cc3nc(-n4c5ccccc5c5c6ccccc6c6c7ccc8ccccc8c7oc6c54)c(Cl)nc3cc2c2ccccc12. The van der Waals surface area contributed by atoms with Crippen LogP contribution in [0, 0.1) is 6.92 Å². The first-order valence-electron chi connectivity index (χ1n) is 17.4. The number of hydrogen-bond donors (Lipinski definition) is 0. The average molecular weight is 686 g/mol. The number of aryl methyl sites for hydroxylation is 1. The Labute approximate surface area is 302 Å². The van der Waals surface area contributed by atoms with E-state index in [4.69, 9.17) is 26.0 Å². The molecule has 0 saturated carbocycles. The smallest absolute Gasteiger partial charge is 0.176 e. The minimum Gasteiger partial charge on any atom is -0.453 e. The zero-order valence-corrected chi connectivity index (χ0v) is 28.9. The Balaban J connectivity index is 1.30. The summed E-state index contributed by atoms with van der Waals surface area (Å²) in [6.07, 6.45) is 5.94. The van der Waals surface area contributed by atoms with Crippen LogP contribution in [-0.2, 0) is 0 Å². The summed E-state index contributed by atoms with van der Waals surface area (Å²) in [6.45, 7) is 6.08. The molecule has 0 unspecified atom stereocenters. The maximum absolute atomic E-state index is 7.26. The van der Waals surface area contributed by atoms with Crippen LogP contribution in [0.4, 0.5) is 0 Å². The van der Waals surface area contributed by atoms with Crippen molar-refractivity contribution in [1.29, 1.82) is 0 Å². The lowest BCUT2D eigenvalue weighted by molar-refractivity contribution is 0.675. The molecule has 0 aliphatic carbocycles. The van der Waals surface area contributed by atoms with E-state index in [1.807, 2.05) is 12.2 Å². The summed E-state index contributed by atoms with van der Waals surface area (Å²) in [5, 5.41) is 13.8. The fourth-order valence-electron chi connectivity index (χ4n) is 8.55. The number of nitrogens with zero attached hydrogens (tertiary/aromatic N) is 3. The normalized spacial score (nSPS) is 12.4. The Kier molecular flexibility index (Phi) is 6.05. The molecule has 5 heteroatoms. The predicted molar refractivity (Wildman–Crippen MR) is 220 cm³/mol. The maximum atomic E-state index is 7.26. The summed E-state index contributed by atoms with van der Waals surface area (Å²) in [6, 6.07) is 42.6. The predicted octanol–water partition coefficient (Wildman–Crippen LogP) is 13.4. The molecule has 52 heavy (non-hydrogen) atoms. The largest absolute Gasteiger partial charge is 0.453 e. The van der Waals surface area contributed by atoms with Crippen molar-refractivity contribution in [2.45, 2.75) is 6.92 Å². The monoisotopic (exact) mass is 685 g/mol. The van der Waals surface area contributed by atoms with Gasteiger partial charge < -0.3 is 4.42 Å². The summed E-state index contributed by atoms with van der Waals surface area (Å²) in [5.41, 5.74) is 7.42. The lowest BCUT2D eigenvalue weighted by Gasteiger charge is -2.15. The maximum Gasteiger partial charge on any atom is 0.176 e. The molecular weight excluding hydrogens is 658 g/mol. The number of halogens is 1. The van der Waals surface area contributed by atoms with E-state index >= 15 is 0 Å². The Bertz CT molecular complexity index is 3400. The molecule has 4 nitrogen and oxygen atoms in total. The number of aromatic nitrogens is 3. The Morgan fingerprint density at radius 3 is 2.08 bits per heavy atom. The summed E-state index contributed by atoms with van der Waals surface area (Å²) < 4.78 is 9.20. The second-order valence-electron chi connectivity index (χ2n) is 13.5. The second kappa shape index (κ2) is 10.8. The fourth-order valence-corrected chi connectivity index (χ4v) is 8.77. The average Bonchev–Trinajstić information content (AvgIpc) is 3.75. The van der Waals surface area contributed by atoms with Gasteiger partial charge in [0.1, 0.15) is 5.58 Å². The zero-order chi connectivity index (χ0) is 34.7. The van der Waals surface area contributed by atoms with Crippen LogP contribution in [0.5, 0.6) is 0 Å². The van der Waals surface area contributed by atoms with Crippen LogP contribution in [-0.4, -0.2) is 14.5 Å². The van der Waals surface area contributed by atoms with E-state index in [-0.39, 0.29) is 0 Å². The van der Waals surface area contributed by atoms with Gasteiger partial charge >= 0.3 is 0 Å². The quantitative estimate of drug-likeness (QED) is 0.106. The lowest BCUT2D eigenvalue weighted by atomic mass is 9.91. The van der Waals surface area contributed by atoms with Crippen molar-refractivity contribution in [3.05, 3.63) is 156 Å². The Morgan fingerprint density at radius 2 is 1.27 bits per heavy atom. The Hall–Kier alpha value is -6.49. The third-order valence-electron chi connectivity index (χ3n) is 10.8. The van der Waals surface area contributed by atoms with E-state index in [1.54, 1.807) is 0 Å². The molecule has 3 aromatic heterocycles. The minimum atomic E-state index is 0.323. The van der Waals surface area contributed by atoms with Crippen molar-refractivity contribution in [1.82, 2.24) is 14.5 Å². The van der Waals surface area contributed by atoms with E-state index in [1.165, 1.54) is 16.5 Å². The van der Waals surface area contributed by atoms with E-state index in [2.05, 4.69) is 145 Å². The highest BCUT2D eigenvalue weighted by molar-refractivity contribution is 6.37. The van der Waals surface area contributed by atoms with Gasteiger partial charge in [-0.15, -0.1) is 0 Å². The molecule has 0 atom stereocenters. The van der Waals surface area contributed by atoms with Crippen molar-refractivity contribution in [3.8, 4) is 5.82 Å². The molecule has 0 aliphatic heterocycles. The molecule has 0 saturated heterocycles.